The van der Waals surface area contributed by atoms with Gasteiger partial charge in [-0.15, -0.1) is 0 Å². The maximum absolute atomic E-state index is 9.83. The van der Waals surface area contributed by atoms with Crippen LogP contribution in [0.15, 0.2) is 36.1 Å². The molecule has 0 spiro atoms. The Labute approximate surface area is 105 Å². The van der Waals surface area contributed by atoms with Gasteiger partial charge in [-0.05, 0) is 18.1 Å². The first-order valence-corrected chi connectivity index (χ1v) is 5.59. The van der Waals surface area contributed by atoms with Crippen LogP contribution < -0.4 is 0 Å². The highest BCUT2D eigenvalue weighted by Gasteiger charge is 2.28. The van der Waals surface area contributed by atoms with E-state index in [0.717, 1.165) is 0 Å². The van der Waals surface area contributed by atoms with Crippen molar-refractivity contribution in [1.29, 1.82) is 0 Å². The maximum Gasteiger partial charge on any atom is 0.139 e. The van der Waals surface area contributed by atoms with E-state index in [4.69, 9.17) is 5.11 Å². The van der Waals surface area contributed by atoms with Gasteiger partial charge >= 0.3 is 0 Å². The highest BCUT2D eigenvalue weighted by molar-refractivity contribution is 5.65. The van der Waals surface area contributed by atoms with Crippen LogP contribution in [0.25, 0.3) is 5.57 Å². The third kappa shape index (κ3) is 3.30. The normalized spacial score (nSPS) is 17.8. The molecule has 0 aliphatic heterocycles. The molecule has 0 radical (unpaired) electrons. The Balaban J connectivity index is 2.94. The van der Waals surface area contributed by atoms with Crippen molar-refractivity contribution in [3.8, 4) is 0 Å². The largest absolute Gasteiger partial charge is 0.509 e. The van der Waals surface area contributed by atoms with Gasteiger partial charge in [0, 0.05) is 0 Å². The predicted molar refractivity (Wildman–Crippen MR) is 66.8 cm³/mol. The van der Waals surface area contributed by atoms with Crippen LogP contribution in [0.2, 0.25) is 0 Å². The standard InChI is InChI=1S/C13H18O5/c1-8(9-5-3-2-4-6-9)11(16)13(18)12(17)10(15)7-14/h2-6,10,12-18H,7H2,1H3/t10-,12+,13+/m1/s1. The maximum atomic E-state index is 9.83. The molecule has 18 heavy (non-hydrogen) atoms. The molecule has 0 aliphatic carbocycles. The quantitative estimate of drug-likeness (QED) is 0.478. The van der Waals surface area contributed by atoms with Gasteiger partial charge in [-0.1, -0.05) is 30.3 Å². The lowest BCUT2D eigenvalue weighted by Gasteiger charge is -2.22. The molecule has 5 heteroatoms. The van der Waals surface area contributed by atoms with Gasteiger partial charge in [0.05, 0.1) is 6.61 Å². The summed E-state index contributed by atoms with van der Waals surface area (Å²) >= 11 is 0. The first-order valence-electron chi connectivity index (χ1n) is 5.59. The zero-order chi connectivity index (χ0) is 13.7. The monoisotopic (exact) mass is 254 g/mol. The Kier molecular flexibility index (Phi) is 5.30. The first kappa shape index (κ1) is 14.7. The third-order valence-electron chi connectivity index (χ3n) is 2.78. The summed E-state index contributed by atoms with van der Waals surface area (Å²) in [6.07, 6.45) is -4.80. The van der Waals surface area contributed by atoms with Gasteiger partial charge in [0.15, 0.2) is 0 Å². The Morgan fingerprint density at radius 1 is 1.11 bits per heavy atom. The van der Waals surface area contributed by atoms with E-state index in [1.807, 2.05) is 6.07 Å². The molecule has 0 aliphatic rings. The van der Waals surface area contributed by atoms with Crippen molar-refractivity contribution in [3.05, 3.63) is 41.7 Å². The summed E-state index contributed by atoms with van der Waals surface area (Å²) in [5.74, 6) is -0.429. The van der Waals surface area contributed by atoms with Crippen molar-refractivity contribution in [2.45, 2.75) is 25.2 Å². The number of hydrogen-bond donors (Lipinski definition) is 5. The second-order valence-corrected chi connectivity index (χ2v) is 4.06. The molecule has 1 aromatic rings. The molecule has 0 aromatic heterocycles. The lowest BCUT2D eigenvalue weighted by molar-refractivity contribution is -0.0738. The van der Waals surface area contributed by atoms with Crippen molar-refractivity contribution < 1.29 is 25.5 Å². The molecule has 0 heterocycles. The average molecular weight is 254 g/mol. The minimum atomic E-state index is -1.65. The molecular weight excluding hydrogens is 236 g/mol. The summed E-state index contributed by atoms with van der Waals surface area (Å²) in [5, 5.41) is 46.9. The van der Waals surface area contributed by atoms with Crippen molar-refractivity contribution in [1.82, 2.24) is 0 Å². The Hall–Kier alpha value is -1.40. The first-order chi connectivity index (χ1) is 8.49. The number of aliphatic hydroxyl groups is 5. The smallest absolute Gasteiger partial charge is 0.139 e. The second kappa shape index (κ2) is 6.51. The summed E-state index contributed by atoms with van der Waals surface area (Å²) in [4.78, 5) is 0. The molecule has 0 fully saturated rings. The van der Waals surface area contributed by atoms with E-state index in [9.17, 15) is 20.4 Å². The number of rotatable bonds is 5. The average Bonchev–Trinajstić information content (AvgIpc) is 2.44. The van der Waals surface area contributed by atoms with Crippen molar-refractivity contribution in [2.75, 3.05) is 6.61 Å². The van der Waals surface area contributed by atoms with Gasteiger partial charge in [0.25, 0.3) is 0 Å². The zero-order valence-electron chi connectivity index (χ0n) is 10.1. The van der Waals surface area contributed by atoms with E-state index >= 15 is 0 Å². The lowest BCUT2D eigenvalue weighted by Crippen LogP contribution is -2.40. The van der Waals surface area contributed by atoms with Crippen LogP contribution in [0.1, 0.15) is 12.5 Å². The van der Waals surface area contributed by atoms with Crippen molar-refractivity contribution >= 4 is 5.57 Å². The van der Waals surface area contributed by atoms with Crippen LogP contribution in [0, 0.1) is 0 Å². The van der Waals surface area contributed by atoms with E-state index in [1.165, 1.54) is 0 Å². The molecule has 100 valence electrons. The summed E-state index contributed by atoms with van der Waals surface area (Å²) in [7, 11) is 0. The van der Waals surface area contributed by atoms with Crippen LogP contribution in [-0.4, -0.2) is 50.5 Å². The fraction of sp³-hybridized carbons (Fsp3) is 0.385. The van der Waals surface area contributed by atoms with Gasteiger partial charge in [0.2, 0.25) is 0 Å². The van der Waals surface area contributed by atoms with E-state index in [-0.39, 0.29) is 0 Å². The molecular formula is C13H18O5. The van der Waals surface area contributed by atoms with Crippen LogP contribution in [0.4, 0.5) is 0 Å². The van der Waals surface area contributed by atoms with Gasteiger partial charge < -0.3 is 25.5 Å². The van der Waals surface area contributed by atoms with Crippen molar-refractivity contribution in [2.24, 2.45) is 0 Å². The molecule has 0 amide bonds. The number of benzene rings is 1. The predicted octanol–water partition coefficient (Wildman–Crippen LogP) is 0.0506. The summed E-state index contributed by atoms with van der Waals surface area (Å²) in [6, 6.07) is 8.85. The Morgan fingerprint density at radius 2 is 1.67 bits per heavy atom. The van der Waals surface area contributed by atoms with Gasteiger partial charge in [0.1, 0.15) is 24.1 Å². The summed E-state index contributed by atoms with van der Waals surface area (Å²) < 4.78 is 0. The Morgan fingerprint density at radius 3 is 2.17 bits per heavy atom. The molecule has 5 N–H and O–H groups in total. The van der Waals surface area contributed by atoms with E-state index in [1.54, 1.807) is 31.2 Å². The van der Waals surface area contributed by atoms with Crippen LogP contribution in [-0.2, 0) is 0 Å². The number of hydrogen-bond acceptors (Lipinski definition) is 5. The molecule has 0 saturated carbocycles. The van der Waals surface area contributed by atoms with Crippen LogP contribution >= 0.6 is 0 Å². The Bertz CT molecular complexity index is 401. The number of allylic oxidation sites excluding steroid dienone is 1. The minimum Gasteiger partial charge on any atom is -0.509 e. The summed E-state index contributed by atoms with van der Waals surface area (Å²) in [6.45, 7) is 0.891. The summed E-state index contributed by atoms with van der Waals surface area (Å²) in [5.41, 5.74) is 1.09. The third-order valence-corrected chi connectivity index (χ3v) is 2.78. The topological polar surface area (TPSA) is 101 Å². The van der Waals surface area contributed by atoms with Crippen molar-refractivity contribution in [3.63, 3.8) is 0 Å². The molecule has 0 bridgehead atoms. The minimum absolute atomic E-state index is 0.396. The lowest BCUT2D eigenvalue weighted by atomic mass is 10.00. The van der Waals surface area contributed by atoms with E-state index in [2.05, 4.69) is 0 Å². The molecule has 1 aromatic carbocycles. The molecule has 0 saturated heterocycles. The van der Waals surface area contributed by atoms with E-state index < -0.39 is 30.7 Å². The molecule has 5 nitrogen and oxygen atoms in total. The van der Waals surface area contributed by atoms with Gasteiger partial charge in [-0.25, -0.2) is 0 Å². The van der Waals surface area contributed by atoms with Gasteiger partial charge in [-0.2, -0.15) is 0 Å². The fourth-order valence-corrected chi connectivity index (χ4v) is 1.54. The SMILES string of the molecule is CC(=C(O)[C@H](O)[C@@H](O)[C@H](O)CO)c1ccccc1. The molecule has 3 atom stereocenters. The zero-order valence-corrected chi connectivity index (χ0v) is 10.1. The molecule has 0 unspecified atom stereocenters. The van der Waals surface area contributed by atoms with Crippen LogP contribution in [0.5, 0.6) is 0 Å². The van der Waals surface area contributed by atoms with Gasteiger partial charge in [-0.3, -0.25) is 0 Å². The second-order valence-electron chi connectivity index (χ2n) is 4.06. The number of aliphatic hydroxyl groups excluding tert-OH is 5. The van der Waals surface area contributed by atoms with Crippen LogP contribution in [0.3, 0.4) is 0 Å². The molecule has 1 rings (SSSR count). The highest BCUT2D eigenvalue weighted by atomic mass is 16.4. The highest BCUT2D eigenvalue weighted by Crippen LogP contribution is 2.20. The van der Waals surface area contributed by atoms with E-state index in [0.29, 0.717) is 11.1 Å². The fourth-order valence-electron chi connectivity index (χ4n) is 1.54.